The lowest BCUT2D eigenvalue weighted by atomic mass is 10.0. The van der Waals surface area contributed by atoms with E-state index < -0.39 is 10.0 Å². The van der Waals surface area contributed by atoms with E-state index in [-0.39, 0.29) is 19.0 Å². The van der Waals surface area contributed by atoms with Gasteiger partial charge >= 0.3 is 0 Å². The summed E-state index contributed by atoms with van der Waals surface area (Å²) >= 11 is 0. The van der Waals surface area contributed by atoms with E-state index in [4.69, 9.17) is 0 Å². The van der Waals surface area contributed by atoms with Crippen molar-refractivity contribution in [1.29, 1.82) is 0 Å². The van der Waals surface area contributed by atoms with Crippen molar-refractivity contribution in [3.8, 4) is 0 Å². The summed E-state index contributed by atoms with van der Waals surface area (Å²) in [6.45, 7) is 4.15. The molecule has 1 heterocycles. The summed E-state index contributed by atoms with van der Waals surface area (Å²) in [5.74, 6) is -0.200. The van der Waals surface area contributed by atoms with Crippen molar-refractivity contribution in [2.75, 3.05) is 30.8 Å². The van der Waals surface area contributed by atoms with Crippen molar-refractivity contribution in [3.05, 3.63) is 42.5 Å². The molecule has 1 aromatic carbocycles. The fourth-order valence-electron chi connectivity index (χ4n) is 2.49. The summed E-state index contributed by atoms with van der Waals surface area (Å²) < 4.78 is 24.5. The van der Waals surface area contributed by atoms with Gasteiger partial charge in [-0.25, -0.2) is 8.42 Å². The van der Waals surface area contributed by atoms with Gasteiger partial charge in [-0.3, -0.25) is 4.79 Å². The fourth-order valence-corrected chi connectivity index (χ4v) is 3.21. The average Bonchev–Trinajstić information content (AvgIpc) is 2.45. The van der Waals surface area contributed by atoms with Crippen LogP contribution in [0.1, 0.15) is 12.0 Å². The standard InChI is InChI=1S/C15H20N2O3S/c1-3-10-16(21(2,19)20)12-15(18)17-11-6-8-13-7-4-5-9-14(13)17/h3-5,7,9H,1,6,8,10-12H2,2H3. The van der Waals surface area contributed by atoms with Gasteiger partial charge in [0, 0.05) is 18.8 Å². The number of sulfonamides is 1. The maximum absolute atomic E-state index is 12.5. The maximum atomic E-state index is 12.5. The van der Waals surface area contributed by atoms with Gasteiger partial charge in [-0.05, 0) is 24.5 Å². The Morgan fingerprint density at radius 3 is 2.81 bits per heavy atom. The van der Waals surface area contributed by atoms with Crippen LogP contribution in [0.15, 0.2) is 36.9 Å². The quantitative estimate of drug-likeness (QED) is 0.773. The molecule has 0 saturated carbocycles. The van der Waals surface area contributed by atoms with Gasteiger partial charge in [0.05, 0.1) is 12.8 Å². The third-order valence-corrected chi connectivity index (χ3v) is 4.74. The molecule has 0 atom stereocenters. The zero-order valence-corrected chi connectivity index (χ0v) is 13.0. The van der Waals surface area contributed by atoms with E-state index >= 15 is 0 Å². The van der Waals surface area contributed by atoms with Crippen molar-refractivity contribution in [2.24, 2.45) is 0 Å². The molecule has 0 saturated heterocycles. The Hall–Kier alpha value is -1.66. The molecule has 0 aliphatic carbocycles. The van der Waals surface area contributed by atoms with Crippen LogP contribution in [0.5, 0.6) is 0 Å². The third kappa shape index (κ3) is 3.71. The smallest absolute Gasteiger partial charge is 0.242 e. The maximum Gasteiger partial charge on any atom is 0.242 e. The number of carbonyl (C=O) groups excluding carboxylic acids is 1. The van der Waals surface area contributed by atoms with Gasteiger partial charge in [0.15, 0.2) is 0 Å². The predicted molar refractivity (Wildman–Crippen MR) is 83.7 cm³/mol. The molecule has 0 fully saturated rings. The average molecular weight is 308 g/mol. The molecule has 114 valence electrons. The molecule has 1 amide bonds. The molecule has 0 radical (unpaired) electrons. The van der Waals surface area contributed by atoms with E-state index in [9.17, 15) is 13.2 Å². The monoisotopic (exact) mass is 308 g/mol. The second-order valence-electron chi connectivity index (χ2n) is 5.12. The van der Waals surface area contributed by atoms with Crippen molar-refractivity contribution < 1.29 is 13.2 Å². The Morgan fingerprint density at radius 1 is 1.43 bits per heavy atom. The Morgan fingerprint density at radius 2 is 2.14 bits per heavy atom. The Balaban J connectivity index is 2.19. The molecule has 5 nitrogen and oxygen atoms in total. The largest absolute Gasteiger partial charge is 0.311 e. The van der Waals surface area contributed by atoms with E-state index in [1.165, 1.54) is 6.08 Å². The molecule has 6 heteroatoms. The molecule has 0 N–H and O–H groups in total. The van der Waals surface area contributed by atoms with E-state index in [0.29, 0.717) is 6.54 Å². The highest BCUT2D eigenvalue weighted by atomic mass is 32.2. The van der Waals surface area contributed by atoms with Gasteiger partial charge in [-0.1, -0.05) is 24.3 Å². The van der Waals surface area contributed by atoms with E-state index in [1.807, 2.05) is 24.3 Å². The summed E-state index contributed by atoms with van der Waals surface area (Å²) in [7, 11) is -3.42. The van der Waals surface area contributed by atoms with E-state index in [2.05, 4.69) is 6.58 Å². The first-order valence-electron chi connectivity index (χ1n) is 6.88. The highest BCUT2D eigenvalue weighted by Crippen LogP contribution is 2.26. The van der Waals surface area contributed by atoms with Crippen LogP contribution in [0.2, 0.25) is 0 Å². The molecule has 1 aliphatic heterocycles. The number of nitrogens with zero attached hydrogens (tertiary/aromatic N) is 2. The second kappa shape index (κ2) is 6.41. The highest BCUT2D eigenvalue weighted by Gasteiger charge is 2.26. The minimum absolute atomic E-state index is 0.139. The summed E-state index contributed by atoms with van der Waals surface area (Å²) in [5, 5.41) is 0. The number of benzene rings is 1. The molecular formula is C15H20N2O3S. The van der Waals surface area contributed by atoms with Gasteiger partial charge < -0.3 is 4.90 Å². The normalized spacial score (nSPS) is 14.9. The molecule has 0 spiro atoms. The molecule has 0 unspecified atom stereocenters. The highest BCUT2D eigenvalue weighted by molar-refractivity contribution is 7.88. The van der Waals surface area contributed by atoms with Crippen LogP contribution in [-0.2, 0) is 21.2 Å². The van der Waals surface area contributed by atoms with Gasteiger partial charge in [0.1, 0.15) is 0 Å². The second-order valence-corrected chi connectivity index (χ2v) is 7.10. The zero-order valence-electron chi connectivity index (χ0n) is 12.2. The van der Waals surface area contributed by atoms with Gasteiger partial charge in [0.2, 0.25) is 15.9 Å². The molecule has 0 aromatic heterocycles. The van der Waals surface area contributed by atoms with Crippen LogP contribution in [0.4, 0.5) is 5.69 Å². The Bertz CT molecular complexity index is 640. The van der Waals surface area contributed by atoms with Gasteiger partial charge in [-0.15, -0.1) is 6.58 Å². The van der Waals surface area contributed by atoms with Crippen LogP contribution in [-0.4, -0.2) is 44.5 Å². The minimum atomic E-state index is -3.42. The summed E-state index contributed by atoms with van der Waals surface area (Å²) in [4.78, 5) is 14.2. The Labute approximate surface area is 125 Å². The molecule has 2 rings (SSSR count). The fraction of sp³-hybridized carbons (Fsp3) is 0.400. The summed E-state index contributed by atoms with van der Waals surface area (Å²) in [6, 6.07) is 7.76. The zero-order chi connectivity index (χ0) is 15.5. The summed E-state index contributed by atoms with van der Waals surface area (Å²) in [6.07, 6.45) is 4.43. The van der Waals surface area contributed by atoms with Gasteiger partial charge in [0.25, 0.3) is 0 Å². The first-order chi connectivity index (χ1) is 9.93. The number of hydrogen-bond acceptors (Lipinski definition) is 3. The van der Waals surface area contributed by atoms with Crippen molar-refractivity contribution in [2.45, 2.75) is 12.8 Å². The number of hydrogen-bond donors (Lipinski definition) is 0. The van der Waals surface area contributed by atoms with Crippen molar-refractivity contribution >= 4 is 21.6 Å². The van der Waals surface area contributed by atoms with Gasteiger partial charge in [-0.2, -0.15) is 4.31 Å². The number of para-hydroxylation sites is 1. The third-order valence-electron chi connectivity index (χ3n) is 3.52. The van der Waals surface area contributed by atoms with Crippen LogP contribution >= 0.6 is 0 Å². The number of fused-ring (bicyclic) bond motifs is 1. The first kappa shape index (κ1) is 15.7. The molecule has 1 aromatic rings. The topological polar surface area (TPSA) is 57.7 Å². The summed E-state index contributed by atoms with van der Waals surface area (Å²) in [5.41, 5.74) is 2.02. The predicted octanol–water partition coefficient (Wildman–Crippen LogP) is 1.41. The van der Waals surface area contributed by atoms with E-state index in [0.717, 1.165) is 34.7 Å². The van der Waals surface area contributed by atoms with Crippen LogP contribution in [0, 0.1) is 0 Å². The number of carbonyl (C=O) groups is 1. The molecule has 0 bridgehead atoms. The lowest BCUT2D eigenvalue weighted by molar-refractivity contribution is -0.118. The Kier molecular flexibility index (Phi) is 4.80. The van der Waals surface area contributed by atoms with Crippen LogP contribution in [0.25, 0.3) is 0 Å². The van der Waals surface area contributed by atoms with Crippen molar-refractivity contribution in [3.63, 3.8) is 0 Å². The molecule has 1 aliphatic rings. The van der Waals surface area contributed by atoms with Crippen LogP contribution in [0.3, 0.4) is 0 Å². The molecular weight excluding hydrogens is 288 g/mol. The lowest BCUT2D eigenvalue weighted by Gasteiger charge is -2.31. The number of aryl methyl sites for hydroxylation is 1. The SMILES string of the molecule is C=CCN(CC(=O)N1CCCc2ccccc21)S(C)(=O)=O. The molecule has 21 heavy (non-hydrogen) atoms. The lowest BCUT2D eigenvalue weighted by Crippen LogP contribution is -2.44. The number of anilines is 1. The van der Waals surface area contributed by atoms with Crippen molar-refractivity contribution in [1.82, 2.24) is 4.31 Å². The van der Waals surface area contributed by atoms with Crippen LogP contribution < -0.4 is 4.90 Å². The first-order valence-corrected chi connectivity index (χ1v) is 8.72. The number of rotatable bonds is 5. The van der Waals surface area contributed by atoms with E-state index in [1.54, 1.807) is 4.90 Å². The minimum Gasteiger partial charge on any atom is -0.311 e. The number of amides is 1.